The van der Waals surface area contributed by atoms with Crippen LogP contribution in [0.1, 0.15) is 42.0 Å². The van der Waals surface area contributed by atoms with Crippen LogP contribution in [-0.2, 0) is 0 Å². The van der Waals surface area contributed by atoms with Crippen molar-refractivity contribution in [3.8, 4) is 11.5 Å². The highest BCUT2D eigenvalue weighted by Gasteiger charge is 2.18. The van der Waals surface area contributed by atoms with Gasteiger partial charge in [-0.1, -0.05) is 26.0 Å². The largest absolute Gasteiger partial charge is 0.489 e. The van der Waals surface area contributed by atoms with Gasteiger partial charge in [0.2, 0.25) is 0 Å². The van der Waals surface area contributed by atoms with Crippen LogP contribution in [0.25, 0.3) is 17.1 Å². The number of carboxylic acid groups (broad SMARTS) is 1. The topological polar surface area (TPSA) is 73.1 Å². The lowest BCUT2D eigenvalue weighted by Gasteiger charge is -2.15. The van der Waals surface area contributed by atoms with Crippen LogP contribution in [-0.4, -0.2) is 33.7 Å². The second kappa shape index (κ2) is 9.04. The number of hydrogen-bond acceptors (Lipinski definition) is 5. The SMILES string of the molecule is CC(C)CCOc1c(/C=C/c2nc3sccn3c2C(=O)O)cccc1OC(F)F. The third kappa shape index (κ3) is 4.92. The van der Waals surface area contributed by atoms with Crippen molar-refractivity contribution in [2.45, 2.75) is 26.9 Å². The van der Waals surface area contributed by atoms with E-state index in [1.165, 1.54) is 27.9 Å². The van der Waals surface area contributed by atoms with Crippen LogP contribution in [0.5, 0.6) is 11.5 Å². The Morgan fingerprint density at radius 2 is 2.14 bits per heavy atom. The maximum absolute atomic E-state index is 12.8. The quantitative estimate of drug-likeness (QED) is 0.507. The van der Waals surface area contributed by atoms with Crippen LogP contribution in [0.2, 0.25) is 0 Å². The fourth-order valence-electron chi connectivity index (χ4n) is 2.70. The van der Waals surface area contributed by atoms with Crippen LogP contribution < -0.4 is 9.47 Å². The van der Waals surface area contributed by atoms with Crippen molar-refractivity contribution in [3.63, 3.8) is 0 Å². The van der Waals surface area contributed by atoms with E-state index in [0.717, 1.165) is 6.42 Å². The number of aromatic nitrogens is 2. The molecule has 0 saturated carbocycles. The third-order valence-corrected chi connectivity index (χ3v) is 4.84. The van der Waals surface area contributed by atoms with Gasteiger partial charge in [-0.05, 0) is 30.6 Å². The molecule has 0 aliphatic carbocycles. The first-order chi connectivity index (χ1) is 13.9. The smallest absolute Gasteiger partial charge is 0.387 e. The Morgan fingerprint density at radius 3 is 2.83 bits per heavy atom. The molecule has 154 valence electrons. The second-order valence-corrected chi connectivity index (χ2v) is 7.50. The summed E-state index contributed by atoms with van der Waals surface area (Å²) in [5.74, 6) is -0.620. The number of benzene rings is 1. The maximum atomic E-state index is 12.8. The summed E-state index contributed by atoms with van der Waals surface area (Å²) in [6, 6.07) is 4.65. The predicted octanol–water partition coefficient (Wildman–Crippen LogP) is 5.29. The Labute approximate surface area is 170 Å². The van der Waals surface area contributed by atoms with E-state index >= 15 is 0 Å². The Kier molecular flexibility index (Phi) is 6.48. The normalized spacial score (nSPS) is 11.8. The Balaban J connectivity index is 1.96. The lowest BCUT2D eigenvalue weighted by atomic mass is 10.1. The van der Waals surface area contributed by atoms with Crippen molar-refractivity contribution in [1.82, 2.24) is 9.38 Å². The number of imidazole rings is 1. The molecule has 0 radical (unpaired) electrons. The number of carbonyl (C=O) groups is 1. The average molecular weight is 422 g/mol. The number of thiazole rings is 1. The van der Waals surface area contributed by atoms with Gasteiger partial charge in [-0.25, -0.2) is 9.78 Å². The molecule has 3 rings (SSSR count). The van der Waals surface area contributed by atoms with Gasteiger partial charge in [-0.15, -0.1) is 11.3 Å². The number of alkyl halides is 2. The molecule has 1 aromatic carbocycles. The van der Waals surface area contributed by atoms with Crippen molar-refractivity contribution >= 4 is 34.4 Å². The molecular formula is C20H20F2N2O4S. The molecule has 0 amide bonds. The summed E-state index contributed by atoms with van der Waals surface area (Å²) in [6.45, 7) is 1.41. The minimum absolute atomic E-state index is 0.0276. The van der Waals surface area contributed by atoms with E-state index in [2.05, 4.69) is 9.72 Å². The average Bonchev–Trinajstić information content (AvgIpc) is 3.21. The number of para-hydroxylation sites is 1. The van der Waals surface area contributed by atoms with E-state index in [-0.39, 0.29) is 22.9 Å². The van der Waals surface area contributed by atoms with Gasteiger partial charge in [0.05, 0.1) is 12.3 Å². The molecule has 0 atom stereocenters. The highest BCUT2D eigenvalue weighted by molar-refractivity contribution is 7.15. The number of halogens is 2. The number of carboxylic acids is 1. The van der Waals surface area contributed by atoms with Crippen molar-refractivity contribution in [2.24, 2.45) is 5.92 Å². The van der Waals surface area contributed by atoms with Gasteiger partial charge in [0.15, 0.2) is 22.2 Å². The first-order valence-electron chi connectivity index (χ1n) is 8.94. The van der Waals surface area contributed by atoms with Crippen molar-refractivity contribution in [2.75, 3.05) is 6.61 Å². The number of hydrogen-bond donors (Lipinski definition) is 1. The lowest BCUT2D eigenvalue weighted by Crippen LogP contribution is -2.07. The molecule has 0 unspecified atom stereocenters. The van der Waals surface area contributed by atoms with Crippen molar-refractivity contribution in [1.29, 1.82) is 0 Å². The van der Waals surface area contributed by atoms with E-state index in [0.29, 0.717) is 23.0 Å². The van der Waals surface area contributed by atoms with E-state index < -0.39 is 12.6 Å². The Bertz CT molecular complexity index is 1030. The molecule has 3 aromatic rings. The van der Waals surface area contributed by atoms with Gasteiger partial charge in [0, 0.05) is 17.1 Å². The summed E-state index contributed by atoms with van der Waals surface area (Å²) < 4.78 is 37.4. The fourth-order valence-corrected chi connectivity index (χ4v) is 3.43. The van der Waals surface area contributed by atoms with Crippen molar-refractivity contribution < 1.29 is 28.2 Å². The summed E-state index contributed by atoms with van der Waals surface area (Å²) in [7, 11) is 0. The first kappa shape index (κ1) is 20.8. The fraction of sp³-hybridized carbons (Fsp3) is 0.300. The highest BCUT2D eigenvalue weighted by atomic mass is 32.1. The lowest BCUT2D eigenvalue weighted by molar-refractivity contribution is -0.0515. The number of rotatable bonds is 9. The number of fused-ring (bicyclic) bond motifs is 1. The molecule has 1 N–H and O–H groups in total. The second-order valence-electron chi connectivity index (χ2n) is 6.62. The highest BCUT2D eigenvalue weighted by Crippen LogP contribution is 2.34. The molecule has 0 aliphatic rings. The van der Waals surface area contributed by atoms with Crippen LogP contribution in [0.4, 0.5) is 8.78 Å². The minimum Gasteiger partial charge on any atom is -0.489 e. The zero-order valence-corrected chi connectivity index (χ0v) is 16.7. The molecule has 0 fully saturated rings. The van der Waals surface area contributed by atoms with Gasteiger partial charge in [0.1, 0.15) is 0 Å². The van der Waals surface area contributed by atoms with E-state index in [1.807, 2.05) is 13.8 Å². The molecular weight excluding hydrogens is 402 g/mol. The number of ether oxygens (including phenoxy) is 2. The van der Waals surface area contributed by atoms with Gasteiger partial charge in [0.25, 0.3) is 0 Å². The van der Waals surface area contributed by atoms with Gasteiger partial charge >= 0.3 is 12.6 Å². The standard InChI is InChI=1S/C20H20F2N2O4S/c1-12(2)8-10-27-17-13(4-3-5-15(17)28-19(21)22)6-7-14-16(18(25)26)24-9-11-29-20(24)23-14/h3-7,9,11-12,19H,8,10H2,1-2H3,(H,25,26)/b7-6+. The van der Waals surface area contributed by atoms with Crippen molar-refractivity contribution in [3.05, 3.63) is 46.7 Å². The molecule has 0 bridgehead atoms. The van der Waals surface area contributed by atoms with E-state index in [9.17, 15) is 18.7 Å². The molecule has 29 heavy (non-hydrogen) atoms. The van der Waals surface area contributed by atoms with Gasteiger partial charge in [-0.2, -0.15) is 8.78 Å². The molecule has 6 nitrogen and oxygen atoms in total. The number of nitrogens with zero attached hydrogens (tertiary/aromatic N) is 2. The summed E-state index contributed by atoms with van der Waals surface area (Å²) >= 11 is 1.31. The van der Waals surface area contributed by atoms with E-state index in [4.69, 9.17) is 4.74 Å². The minimum atomic E-state index is -2.99. The Hall–Kier alpha value is -2.94. The van der Waals surface area contributed by atoms with E-state index in [1.54, 1.807) is 29.8 Å². The summed E-state index contributed by atoms with van der Waals surface area (Å²) in [6.07, 6.45) is 5.49. The molecule has 0 aliphatic heterocycles. The van der Waals surface area contributed by atoms with Gasteiger partial charge < -0.3 is 14.6 Å². The molecule has 9 heteroatoms. The van der Waals surface area contributed by atoms with Gasteiger partial charge in [-0.3, -0.25) is 4.40 Å². The summed E-state index contributed by atoms with van der Waals surface area (Å²) in [5, 5.41) is 11.3. The first-order valence-corrected chi connectivity index (χ1v) is 9.82. The maximum Gasteiger partial charge on any atom is 0.387 e. The molecule has 2 heterocycles. The zero-order valence-electron chi connectivity index (χ0n) is 15.8. The monoisotopic (exact) mass is 422 g/mol. The number of aromatic carboxylic acids is 1. The Morgan fingerprint density at radius 1 is 1.34 bits per heavy atom. The summed E-state index contributed by atoms with van der Waals surface area (Å²) in [4.78, 5) is 16.5. The van der Waals surface area contributed by atoms with Crippen LogP contribution >= 0.6 is 11.3 Å². The molecule has 0 saturated heterocycles. The van der Waals surface area contributed by atoms with Crippen LogP contribution in [0.15, 0.2) is 29.8 Å². The zero-order chi connectivity index (χ0) is 21.0. The predicted molar refractivity (Wildman–Crippen MR) is 107 cm³/mol. The molecule has 0 spiro atoms. The summed E-state index contributed by atoms with van der Waals surface area (Å²) in [5.41, 5.74) is 0.775. The van der Waals surface area contributed by atoms with Crippen LogP contribution in [0, 0.1) is 5.92 Å². The third-order valence-electron chi connectivity index (χ3n) is 4.08. The van der Waals surface area contributed by atoms with Crippen LogP contribution in [0.3, 0.4) is 0 Å². The molecule has 2 aromatic heterocycles.